The van der Waals surface area contributed by atoms with Gasteiger partial charge in [-0.2, -0.15) is 8.78 Å². The largest absolute Gasteiger partial charge is 0.418 e. The number of halogens is 3. The Kier molecular flexibility index (Phi) is 3.23. The van der Waals surface area contributed by atoms with Crippen LogP contribution in [0.5, 0.6) is 0 Å². The molecule has 0 amide bonds. The number of fused-ring (bicyclic) bond motifs is 1. The molecule has 0 unspecified atom stereocenters. The summed E-state index contributed by atoms with van der Waals surface area (Å²) >= 11 is 3.34. The molecule has 0 saturated carbocycles. The molecule has 0 saturated heterocycles. The van der Waals surface area contributed by atoms with Crippen LogP contribution < -0.4 is 0 Å². The van der Waals surface area contributed by atoms with E-state index in [2.05, 4.69) is 36.1 Å². The molecule has 3 aromatic heterocycles. The highest BCUT2D eigenvalue weighted by Crippen LogP contribution is 2.26. The number of rotatable bonds is 3. The van der Waals surface area contributed by atoms with Gasteiger partial charge in [-0.25, -0.2) is 9.97 Å². The van der Waals surface area contributed by atoms with Crippen molar-refractivity contribution in [1.29, 1.82) is 0 Å². The monoisotopic (exact) mass is 357 g/mol. The molecule has 110 valence electrons. The lowest BCUT2D eigenvalue weighted by molar-refractivity contribution is -0.0119. The molecule has 3 rings (SSSR count). The van der Waals surface area contributed by atoms with Crippen LogP contribution in [0.1, 0.15) is 24.5 Å². The average molecular weight is 358 g/mol. The van der Waals surface area contributed by atoms with Gasteiger partial charge in [-0.15, -0.1) is 10.2 Å². The zero-order valence-electron chi connectivity index (χ0n) is 11.1. The molecule has 0 fully saturated rings. The molecule has 0 spiro atoms. The number of nitrogens with zero attached hydrogens (tertiary/aromatic N) is 5. The second kappa shape index (κ2) is 4.83. The molecule has 0 N–H and O–H groups in total. The minimum absolute atomic E-state index is 0.0916. The molecule has 0 bridgehead atoms. The van der Waals surface area contributed by atoms with Crippen molar-refractivity contribution < 1.29 is 13.2 Å². The minimum Gasteiger partial charge on any atom is -0.418 e. The minimum atomic E-state index is -3.15. The topological polar surface area (TPSA) is 69.6 Å². The van der Waals surface area contributed by atoms with E-state index in [4.69, 9.17) is 4.42 Å². The number of hydrogen-bond donors (Lipinski definition) is 0. The van der Waals surface area contributed by atoms with Gasteiger partial charge < -0.3 is 8.98 Å². The van der Waals surface area contributed by atoms with Gasteiger partial charge in [-0.1, -0.05) is 0 Å². The van der Waals surface area contributed by atoms with Crippen LogP contribution in [-0.4, -0.2) is 24.7 Å². The Morgan fingerprint density at radius 3 is 2.81 bits per heavy atom. The Bertz CT molecular complexity index is 808. The smallest absolute Gasteiger partial charge is 0.321 e. The lowest BCUT2D eigenvalue weighted by atomic mass is 10.4. The van der Waals surface area contributed by atoms with E-state index >= 15 is 0 Å². The fourth-order valence-corrected chi connectivity index (χ4v) is 2.24. The van der Waals surface area contributed by atoms with E-state index in [9.17, 15) is 8.78 Å². The van der Waals surface area contributed by atoms with Crippen LogP contribution in [0.25, 0.3) is 11.2 Å². The summed E-state index contributed by atoms with van der Waals surface area (Å²) in [6, 6.07) is 1.84. The zero-order chi connectivity index (χ0) is 15.2. The number of aryl methyl sites for hydroxylation is 1. The lowest BCUT2D eigenvalue weighted by Gasteiger charge is -2.04. The molecule has 0 aliphatic carbocycles. The van der Waals surface area contributed by atoms with Gasteiger partial charge in [0.2, 0.25) is 5.89 Å². The highest BCUT2D eigenvalue weighted by molar-refractivity contribution is 9.10. The zero-order valence-corrected chi connectivity index (χ0v) is 12.7. The van der Waals surface area contributed by atoms with Crippen LogP contribution in [0.3, 0.4) is 0 Å². The fourth-order valence-electron chi connectivity index (χ4n) is 1.92. The van der Waals surface area contributed by atoms with Crippen LogP contribution >= 0.6 is 15.9 Å². The van der Waals surface area contributed by atoms with Crippen molar-refractivity contribution in [2.24, 2.45) is 0 Å². The number of aromatic nitrogens is 5. The second-order valence-electron chi connectivity index (χ2n) is 4.63. The van der Waals surface area contributed by atoms with Crippen LogP contribution in [0.2, 0.25) is 0 Å². The Morgan fingerprint density at radius 1 is 1.38 bits per heavy atom. The summed E-state index contributed by atoms with van der Waals surface area (Å²) in [4.78, 5) is 8.48. The van der Waals surface area contributed by atoms with Gasteiger partial charge in [-0.3, -0.25) is 0 Å². The summed E-state index contributed by atoms with van der Waals surface area (Å²) in [6.07, 6.45) is 1.64. The fraction of sp³-hybridized carbons (Fsp3) is 0.333. The molecule has 3 aromatic rings. The molecule has 0 aromatic carbocycles. The molecular formula is C12H10BrF2N5O. The first-order valence-corrected chi connectivity index (χ1v) is 6.83. The molecule has 0 aliphatic heterocycles. The van der Waals surface area contributed by atoms with Crippen molar-refractivity contribution in [3.63, 3.8) is 0 Å². The maximum absolute atomic E-state index is 13.1. The third kappa shape index (κ3) is 2.65. The van der Waals surface area contributed by atoms with E-state index in [-0.39, 0.29) is 12.4 Å². The van der Waals surface area contributed by atoms with Crippen molar-refractivity contribution in [1.82, 2.24) is 24.7 Å². The quantitative estimate of drug-likeness (QED) is 0.720. The van der Waals surface area contributed by atoms with Crippen molar-refractivity contribution in [3.05, 3.63) is 34.3 Å². The molecule has 0 aliphatic rings. The van der Waals surface area contributed by atoms with Crippen molar-refractivity contribution >= 4 is 27.1 Å². The third-order valence-electron chi connectivity index (χ3n) is 2.90. The normalized spacial score (nSPS) is 12.2. The summed E-state index contributed by atoms with van der Waals surface area (Å²) in [5.74, 6) is -3.08. The van der Waals surface area contributed by atoms with Crippen LogP contribution in [0, 0.1) is 6.92 Å². The number of pyridine rings is 1. The van der Waals surface area contributed by atoms with Gasteiger partial charge >= 0.3 is 5.92 Å². The van der Waals surface area contributed by atoms with Crippen LogP contribution in [-0.2, 0) is 12.5 Å². The van der Waals surface area contributed by atoms with Gasteiger partial charge in [0.05, 0.1) is 5.52 Å². The van der Waals surface area contributed by atoms with E-state index in [0.29, 0.717) is 18.4 Å². The highest BCUT2D eigenvalue weighted by Gasteiger charge is 2.31. The van der Waals surface area contributed by atoms with Crippen molar-refractivity contribution in [3.8, 4) is 0 Å². The van der Waals surface area contributed by atoms with E-state index in [0.717, 1.165) is 9.99 Å². The van der Waals surface area contributed by atoms with Gasteiger partial charge in [-0.05, 0) is 28.9 Å². The molecule has 0 atom stereocenters. The lowest BCUT2D eigenvalue weighted by Crippen LogP contribution is -2.07. The predicted molar refractivity (Wildman–Crippen MR) is 72.9 cm³/mol. The molecule has 0 radical (unpaired) electrons. The molecular weight excluding hydrogens is 348 g/mol. The average Bonchev–Trinajstić information content (AvgIpc) is 2.96. The van der Waals surface area contributed by atoms with Crippen LogP contribution in [0.15, 0.2) is 21.2 Å². The van der Waals surface area contributed by atoms with Gasteiger partial charge in [0.1, 0.15) is 12.4 Å². The SMILES string of the molecule is Cc1nc2ncc(Br)cc2n1Cc1nnc(C(C)(F)F)o1. The second-order valence-corrected chi connectivity index (χ2v) is 5.55. The molecule has 6 nitrogen and oxygen atoms in total. The first kappa shape index (κ1) is 14.1. The van der Waals surface area contributed by atoms with Crippen LogP contribution in [0.4, 0.5) is 8.78 Å². The van der Waals surface area contributed by atoms with Crippen molar-refractivity contribution in [2.75, 3.05) is 0 Å². The van der Waals surface area contributed by atoms with E-state index in [1.807, 2.05) is 6.07 Å². The van der Waals surface area contributed by atoms with Gasteiger partial charge in [0.25, 0.3) is 5.89 Å². The first-order chi connectivity index (χ1) is 9.84. The Labute approximate surface area is 126 Å². The van der Waals surface area contributed by atoms with Gasteiger partial charge in [0.15, 0.2) is 5.65 Å². The number of hydrogen-bond acceptors (Lipinski definition) is 5. The Hall–Kier alpha value is -1.90. The summed E-state index contributed by atoms with van der Waals surface area (Å²) in [5, 5.41) is 7.02. The summed E-state index contributed by atoms with van der Waals surface area (Å²) in [7, 11) is 0. The number of imidazole rings is 1. The summed E-state index contributed by atoms with van der Waals surface area (Å²) in [5.41, 5.74) is 1.32. The number of alkyl halides is 2. The highest BCUT2D eigenvalue weighted by atomic mass is 79.9. The molecule has 3 heterocycles. The molecule has 21 heavy (non-hydrogen) atoms. The van der Waals surface area contributed by atoms with E-state index in [1.165, 1.54) is 0 Å². The first-order valence-electron chi connectivity index (χ1n) is 6.03. The summed E-state index contributed by atoms with van der Waals surface area (Å²) < 4.78 is 33.8. The van der Waals surface area contributed by atoms with E-state index in [1.54, 1.807) is 17.7 Å². The summed E-state index contributed by atoms with van der Waals surface area (Å²) in [6.45, 7) is 2.66. The maximum Gasteiger partial charge on any atom is 0.321 e. The van der Waals surface area contributed by atoms with Crippen molar-refractivity contribution in [2.45, 2.75) is 26.3 Å². The molecule has 9 heteroatoms. The maximum atomic E-state index is 13.1. The standard InChI is InChI=1S/C12H10BrF2N5O/c1-6-17-10-8(3-7(13)4-16-10)20(6)5-9-18-19-11(21-9)12(2,14)15/h3-4H,5H2,1-2H3. The third-order valence-corrected chi connectivity index (χ3v) is 3.33. The van der Waals surface area contributed by atoms with Gasteiger partial charge in [0, 0.05) is 17.6 Å². The van der Waals surface area contributed by atoms with E-state index < -0.39 is 11.8 Å². The Balaban J connectivity index is 2.00. The predicted octanol–water partition coefficient (Wildman–Crippen LogP) is 3.05. The Morgan fingerprint density at radius 2 is 2.14 bits per heavy atom.